The van der Waals surface area contributed by atoms with E-state index in [1.807, 2.05) is 55.5 Å². The Bertz CT molecular complexity index is 2390. The average Bonchev–Trinajstić information content (AvgIpc) is 3.77. The third kappa shape index (κ3) is 9.92. The van der Waals surface area contributed by atoms with Gasteiger partial charge >= 0.3 is 0 Å². The van der Waals surface area contributed by atoms with Gasteiger partial charge in [-0.15, -0.1) is 0 Å². The summed E-state index contributed by atoms with van der Waals surface area (Å²) in [5, 5.41) is 7.12. The van der Waals surface area contributed by atoms with E-state index in [1.165, 1.54) is 16.7 Å². The Labute approximate surface area is 334 Å². The number of nitrogens with one attached hydrogen (secondary N) is 4. The van der Waals surface area contributed by atoms with E-state index in [4.69, 9.17) is 48.4 Å². The predicted octanol–water partition coefficient (Wildman–Crippen LogP) is 7.37. The number of benzene rings is 3. The first kappa shape index (κ1) is 38.5. The number of H-pyrrole nitrogens is 2. The highest BCUT2D eigenvalue weighted by Gasteiger charge is 2.21. The van der Waals surface area contributed by atoms with Gasteiger partial charge in [0.1, 0.15) is 11.0 Å². The number of fused-ring (bicyclic) bond motifs is 2. The van der Waals surface area contributed by atoms with Crippen molar-refractivity contribution in [2.24, 2.45) is 0 Å². The van der Waals surface area contributed by atoms with Gasteiger partial charge in [-0.3, -0.25) is 0 Å². The molecule has 0 bridgehead atoms. The number of ether oxygens (including phenoxy) is 2. The van der Waals surface area contributed by atoms with E-state index in [0.29, 0.717) is 55.1 Å². The van der Waals surface area contributed by atoms with E-state index >= 15 is 0 Å². The van der Waals surface area contributed by atoms with Crippen LogP contribution in [-0.2, 0) is 9.47 Å². The zero-order valence-electron chi connectivity index (χ0n) is 31.3. The van der Waals surface area contributed by atoms with Gasteiger partial charge in [-0.05, 0) is 97.1 Å². The molecule has 9 rings (SSSR count). The summed E-state index contributed by atoms with van der Waals surface area (Å²) in [7, 11) is 0. The van der Waals surface area contributed by atoms with E-state index in [0.717, 1.165) is 60.4 Å². The number of halogens is 2. The van der Waals surface area contributed by atoms with Crippen LogP contribution in [0.2, 0.25) is 10.6 Å². The van der Waals surface area contributed by atoms with Crippen LogP contribution in [0.25, 0.3) is 22.3 Å². The Hall–Kier alpha value is -5.74. The number of nitrogens with zero attached hydrogens (tertiary/aromatic N) is 8. The first-order chi connectivity index (χ1) is 27.2. The minimum absolute atomic E-state index is 0.169. The molecule has 290 valence electrons. The fourth-order valence-electron chi connectivity index (χ4n) is 6.22. The lowest BCUT2D eigenvalue weighted by atomic mass is 10.2. The summed E-state index contributed by atoms with van der Waals surface area (Å²) in [6.07, 6.45) is 0. The Morgan fingerprint density at radius 2 is 1.14 bits per heavy atom. The molecule has 6 heterocycles. The summed E-state index contributed by atoms with van der Waals surface area (Å²) in [6, 6.07) is 24.1. The van der Waals surface area contributed by atoms with Crippen molar-refractivity contribution in [3.63, 3.8) is 0 Å². The van der Waals surface area contributed by atoms with Crippen LogP contribution in [0.4, 0.5) is 40.6 Å². The lowest BCUT2D eigenvalue weighted by molar-refractivity contribution is 0.122. The maximum atomic E-state index is 5.88. The number of aryl methyl sites for hydroxylation is 3. The Balaban J connectivity index is 0.000000159. The second kappa shape index (κ2) is 17.8. The summed E-state index contributed by atoms with van der Waals surface area (Å²) in [4.78, 5) is 37.1. The number of hydrogen-bond donors (Lipinski definition) is 5. The van der Waals surface area contributed by atoms with Crippen molar-refractivity contribution in [1.29, 1.82) is 0 Å². The normalized spacial score (nSPS) is 14.2. The van der Waals surface area contributed by atoms with Crippen LogP contribution in [0.15, 0.2) is 72.8 Å². The Kier molecular flexibility index (Phi) is 12.3. The van der Waals surface area contributed by atoms with Crippen molar-refractivity contribution in [2.75, 3.05) is 78.8 Å². The highest BCUT2D eigenvalue weighted by atomic mass is 35.5. The molecule has 0 radical (unpaired) electrons. The largest absolute Gasteiger partial charge is 0.399 e. The molecular formula is C39H43Cl2N13O2. The first-order valence-electron chi connectivity index (χ1n) is 18.2. The molecule has 4 aromatic heterocycles. The second-order valence-corrected chi connectivity index (χ2v) is 14.0. The monoisotopic (exact) mass is 795 g/mol. The van der Waals surface area contributed by atoms with Crippen LogP contribution in [0.5, 0.6) is 0 Å². The standard InChI is InChI=1S/C23H25N7O.C9H9Cl2N5O.C7H9N/c1-15-5-3-7-17(13-15)24-22-26-19-20(27-22)28-23(25-18-8-4-6-16(2)14-18)29-21(19)30-9-11-31-12-10-30;10-8-12-5-6(13-8)14-9(11)15-7(5)16-1-3-17-4-2-16;1-6-3-2-4-7(8)5-6/h3-8,13-14H,9-12H2,1-2H3,(H3,24,25,26,27,28,29);1-4H2,(H,12,13,14,15);2-5H,8H2,1H3. The van der Waals surface area contributed by atoms with E-state index in [2.05, 4.69) is 88.5 Å². The molecule has 7 aromatic rings. The predicted molar refractivity (Wildman–Crippen MR) is 224 cm³/mol. The van der Waals surface area contributed by atoms with Gasteiger partial charge in [0.2, 0.25) is 22.5 Å². The van der Waals surface area contributed by atoms with E-state index in [9.17, 15) is 0 Å². The summed E-state index contributed by atoms with van der Waals surface area (Å²) >= 11 is 11.7. The molecule has 56 heavy (non-hydrogen) atoms. The lowest BCUT2D eigenvalue weighted by Crippen LogP contribution is -2.37. The number of nitrogen functional groups attached to an aromatic ring is 1. The molecule has 0 spiro atoms. The molecule has 0 aliphatic carbocycles. The van der Waals surface area contributed by atoms with Gasteiger partial charge in [0.05, 0.1) is 26.4 Å². The summed E-state index contributed by atoms with van der Waals surface area (Å²) in [6.45, 7) is 11.9. The van der Waals surface area contributed by atoms with Gasteiger partial charge in [-0.25, -0.2) is 0 Å². The van der Waals surface area contributed by atoms with E-state index < -0.39 is 0 Å². The van der Waals surface area contributed by atoms with Gasteiger partial charge in [0.15, 0.2) is 22.9 Å². The van der Waals surface area contributed by atoms with Gasteiger partial charge in [-0.1, -0.05) is 36.4 Å². The second-order valence-electron chi connectivity index (χ2n) is 13.3. The minimum Gasteiger partial charge on any atom is -0.399 e. The molecule has 17 heteroatoms. The summed E-state index contributed by atoms with van der Waals surface area (Å²) in [5.41, 5.74) is 14.4. The molecule has 3 aromatic carbocycles. The number of anilines is 7. The van der Waals surface area contributed by atoms with Gasteiger partial charge < -0.3 is 45.6 Å². The molecule has 2 aliphatic rings. The van der Waals surface area contributed by atoms with Crippen molar-refractivity contribution in [3.05, 3.63) is 100 Å². The van der Waals surface area contributed by atoms with Crippen LogP contribution < -0.4 is 26.2 Å². The molecule has 15 nitrogen and oxygen atoms in total. The summed E-state index contributed by atoms with van der Waals surface area (Å²) < 4.78 is 10.8. The number of rotatable bonds is 6. The van der Waals surface area contributed by atoms with Gasteiger partial charge in [-0.2, -0.15) is 29.9 Å². The molecule has 2 saturated heterocycles. The molecule has 2 fully saturated rings. The highest BCUT2D eigenvalue weighted by molar-refractivity contribution is 6.30. The fourth-order valence-corrected chi connectivity index (χ4v) is 6.55. The van der Waals surface area contributed by atoms with Crippen LogP contribution in [0, 0.1) is 20.8 Å². The van der Waals surface area contributed by atoms with E-state index in [-0.39, 0.29) is 10.6 Å². The van der Waals surface area contributed by atoms with Crippen molar-refractivity contribution in [3.8, 4) is 0 Å². The number of hydrogen-bond acceptors (Lipinski definition) is 13. The van der Waals surface area contributed by atoms with E-state index in [1.54, 1.807) is 0 Å². The third-order valence-corrected chi connectivity index (χ3v) is 9.17. The molecule has 6 N–H and O–H groups in total. The van der Waals surface area contributed by atoms with Crippen LogP contribution in [-0.4, -0.2) is 92.5 Å². The molecular weight excluding hydrogens is 753 g/mol. The quantitative estimate of drug-likeness (QED) is 0.0640. The van der Waals surface area contributed by atoms with Crippen molar-refractivity contribution >= 4 is 86.1 Å². The number of aromatic amines is 2. The topological polar surface area (TPSA) is 184 Å². The van der Waals surface area contributed by atoms with Crippen molar-refractivity contribution in [2.45, 2.75) is 20.8 Å². The first-order valence-corrected chi connectivity index (χ1v) is 18.9. The number of nitrogens with two attached hydrogens (primary N) is 1. The van der Waals surface area contributed by atoms with Gasteiger partial charge in [0, 0.05) is 43.2 Å². The highest BCUT2D eigenvalue weighted by Crippen LogP contribution is 2.29. The number of aromatic nitrogens is 8. The zero-order chi connectivity index (χ0) is 39.0. The molecule has 0 saturated carbocycles. The Morgan fingerprint density at radius 3 is 1.71 bits per heavy atom. The van der Waals surface area contributed by atoms with Crippen molar-refractivity contribution in [1.82, 2.24) is 39.9 Å². The van der Waals surface area contributed by atoms with Crippen LogP contribution in [0.1, 0.15) is 16.7 Å². The third-order valence-electron chi connectivity index (χ3n) is 8.83. The SMILES string of the molecule is Cc1cccc(N)c1.Cc1cccc(Nc2nc(N3CCOCC3)c3[nH]c(Nc4cccc(C)c4)nc3n2)c1.Clc1nc(N2CCOCC2)c2[nH]c(Cl)nc2n1. The van der Waals surface area contributed by atoms with Crippen LogP contribution in [0.3, 0.4) is 0 Å². The Morgan fingerprint density at radius 1 is 0.607 bits per heavy atom. The number of imidazole rings is 2. The van der Waals surface area contributed by atoms with Crippen LogP contribution >= 0.6 is 23.2 Å². The molecule has 0 unspecified atom stereocenters. The maximum Gasteiger partial charge on any atom is 0.231 e. The number of morpholine rings is 2. The maximum absolute atomic E-state index is 5.88. The molecule has 0 amide bonds. The average molecular weight is 797 g/mol. The van der Waals surface area contributed by atoms with Crippen molar-refractivity contribution < 1.29 is 9.47 Å². The molecule has 2 aliphatic heterocycles. The zero-order valence-corrected chi connectivity index (χ0v) is 32.8. The lowest BCUT2D eigenvalue weighted by Gasteiger charge is -2.28. The minimum atomic E-state index is 0.169. The molecule has 0 atom stereocenters. The summed E-state index contributed by atoms with van der Waals surface area (Å²) in [5.74, 6) is 2.71. The van der Waals surface area contributed by atoms with Gasteiger partial charge in [0.25, 0.3) is 0 Å². The fraction of sp³-hybridized carbons (Fsp3) is 0.282. The smallest absolute Gasteiger partial charge is 0.231 e.